The molecule has 1 unspecified atom stereocenters. The SMILES string of the molecule is Cc1cccc(C)c1N1CC=C[C@]23O[C@@]4(C)C=CCN(c5ccccc5)C(=O)[C@H]4[C@H]2C(=O)N([C@@H](CO)CC(C)C)C3C1=O. The fourth-order valence-corrected chi connectivity index (χ4v) is 7.95. The maximum absolute atomic E-state index is 14.9. The Balaban J connectivity index is 1.52. The summed E-state index contributed by atoms with van der Waals surface area (Å²) >= 11 is 0. The van der Waals surface area contributed by atoms with Crippen molar-refractivity contribution < 1.29 is 24.2 Å². The number of fused-ring (bicyclic) bond motifs is 2. The molecule has 8 nitrogen and oxygen atoms in total. The number of amides is 3. The zero-order chi connectivity index (χ0) is 30.7. The predicted molar refractivity (Wildman–Crippen MR) is 166 cm³/mol. The molecule has 6 atom stereocenters. The van der Waals surface area contributed by atoms with Gasteiger partial charge in [0.05, 0.1) is 30.1 Å². The number of nitrogens with zero attached hydrogens (tertiary/aromatic N) is 3. The molecule has 2 aromatic rings. The van der Waals surface area contributed by atoms with Crippen LogP contribution in [-0.2, 0) is 19.1 Å². The molecule has 1 N–H and O–H groups in total. The first-order valence-electron chi connectivity index (χ1n) is 15.3. The number of benzene rings is 2. The summed E-state index contributed by atoms with van der Waals surface area (Å²) < 4.78 is 6.99. The number of likely N-dealkylation sites (tertiary alicyclic amines) is 1. The van der Waals surface area contributed by atoms with Gasteiger partial charge in [0.15, 0.2) is 0 Å². The van der Waals surface area contributed by atoms with E-state index in [2.05, 4.69) is 0 Å². The Labute approximate surface area is 253 Å². The van der Waals surface area contributed by atoms with Crippen molar-refractivity contribution in [2.75, 3.05) is 29.5 Å². The molecule has 3 amide bonds. The van der Waals surface area contributed by atoms with Crippen molar-refractivity contribution in [1.82, 2.24) is 4.90 Å². The summed E-state index contributed by atoms with van der Waals surface area (Å²) in [7, 11) is 0. The van der Waals surface area contributed by atoms with E-state index in [0.29, 0.717) is 19.5 Å². The van der Waals surface area contributed by atoms with E-state index in [1.54, 1.807) is 14.7 Å². The number of para-hydroxylation sites is 2. The third-order valence-electron chi connectivity index (χ3n) is 9.62. The number of carbonyl (C=O) groups excluding carboxylic acids is 3. The Hall–Kier alpha value is -3.75. The Bertz CT molecular complexity index is 1480. The molecule has 2 fully saturated rings. The van der Waals surface area contributed by atoms with Gasteiger partial charge in [0.25, 0.3) is 5.91 Å². The summed E-state index contributed by atoms with van der Waals surface area (Å²) in [5.74, 6) is -2.45. The van der Waals surface area contributed by atoms with E-state index in [1.165, 1.54) is 0 Å². The molecule has 2 aromatic carbocycles. The van der Waals surface area contributed by atoms with Gasteiger partial charge in [0.2, 0.25) is 11.8 Å². The highest BCUT2D eigenvalue weighted by Gasteiger charge is 2.75. The van der Waals surface area contributed by atoms with Gasteiger partial charge in [-0.1, -0.05) is 74.5 Å². The van der Waals surface area contributed by atoms with Crippen molar-refractivity contribution in [3.8, 4) is 0 Å². The first-order valence-corrected chi connectivity index (χ1v) is 15.3. The Morgan fingerprint density at radius 2 is 1.51 bits per heavy atom. The van der Waals surface area contributed by atoms with Crippen LogP contribution in [0.2, 0.25) is 0 Å². The van der Waals surface area contributed by atoms with Crippen LogP contribution < -0.4 is 9.80 Å². The molecule has 4 aliphatic heterocycles. The van der Waals surface area contributed by atoms with E-state index in [4.69, 9.17) is 4.74 Å². The molecular weight excluding hydrogens is 542 g/mol. The summed E-state index contributed by atoms with van der Waals surface area (Å²) in [6.45, 7) is 10.2. The standard InChI is InChI=1S/C35H41N3O5/c1-22(2)20-26(21-39)38-30-33(42)37(29-23(3)12-9-13-24(29)4)19-11-17-35(30)28(32(38)41)27-31(40)36(25-14-7-6-8-15-25)18-10-16-34(27,5)43-35/h6-17,22,26-28,30,39H,18-21H2,1-5H3/t26-,27-,28+,30?,34+,35+/m1/s1. The van der Waals surface area contributed by atoms with Gasteiger partial charge in [-0.3, -0.25) is 14.4 Å². The number of aryl methyl sites for hydroxylation is 2. The molecule has 2 saturated heterocycles. The van der Waals surface area contributed by atoms with Gasteiger partial charge in [-0.05, 0) is 56.4 Å². The summed E-state index contributed by atoms with van der Waals surface area (Å²) in [6.07, 6.45) is 8.09. The molecule has 1 spiro atoms. The third-order valence-corrected chi connectivity index (χ3v) is 9.62. The van der Waals surface area contributed by atoms with Crippen LogP contribution >= 0.6 is 0 Å². The zero-order valence-electron chi connectivity index (χ0n) is 25.6. The fraction of sp³-hybridized carbons (Fsp3) is 0.457. The van der Waals surface area contributed by atoms with E-state index in [-0.39, 0.29) is 30.2 Å². The molecule has 43 heavy (non-hydrogen) atoms. The average Bonchev–Trinajstić information content (AvgIpc) is 3.24. The second kappa shape index (κ2) is 10.8. The van der Waals surface area contributed by atoms with Gasteiger partial charge in [0.1, 0.15) is 11.6 Å². The lowest BCUT2D eigenvalue weighted by Gasteiger charge is -2.40. The van der Waals surface area contributed by atoms with Crippen molar-refractivity contribution >= 4 is 29.1 Å². The second-order valence-corrected chi connectivity index (χ2v) is 13.0. The van der Waals surface area contributed by atoms with Crippen LogP contribution in [0.25, 0.3) is 0 Å². The molecule has 0 radical (unpaired) electrons. The lowest BCUT2D eigenvalue weighted by molar-refractivity contribution is -0.148. The minimum Gasteiger partial charge on any atom is -0.394 e. The molecule has 6 rings (SSSR count). The van der Waals surface area contributed by atoms with Crippen LogP contribution in [0, 0.1) is 31.6 Å². The maximum Gasteiger partial charge on any atom is 0.253 e. The number of ether oxygens (including phenoxy) is 1. The molecule has 0 saturated carbocycles. The van der Waals surface area contributed by atoms with Gasteiger partial charge < -0.3 is 24.5 Å². The van der Waals surface area contributed by atoms with Crippen LogP contribution in [0.5, 0.6) is 0 Å². The molecule has 0 bridgehead atoms. The molecular formula is C35H41N3O5. The highest BCUT2D eigenvalue weighted by molar-refractivity contribution is 6.08. The van der Waals surface area contributed by atoms with Gasteiger partial charge in [-0.2, -0.15) is 0 Å². The van der Waals surface area contributed by atoms with E-state index in [9.17, 15) is 19.5 Å². The van der Waals surface area contributed by atoms with Gasteiger partial charge >= 0.3 is 0 Å². The Kier molecular flexibility index (Phi) is 7.33. The monoisotopic (exact) mass is 583 g/mol. The topological polar surface area (TPSA) is 90.4 Å². The average molecular weight is 584 g/mol. The van der Waals surface area contributed by atoms with Crippen LogP contribution in [-0.4, -0.2) is 70.7 Å². The molecule has 8 heteroatoms. The number of hydrogen-bond acceptors (Lipinski definition) is 5. The summed E-state index contributed by atoms with van der Waals surface area (Å²) in [5.41, 5.74) is 0.945. The zero-order valence-corrected chi connectivity index (χ0v) is 25.6. The van der Waals surface area contributed by atoms with Gasteiger partial charge in [-0.25, -0.2) is 0 Å². The minimum atomic E-state index is -1.39. The predicted octanol–water partition coefficient (Wildman–Crippen LogP) is 4.19. The quantitative estimate of drug-likeness (QED) is 0.516. The third kappa shape index (κ3) is 4.45. The van der Waals surface area contributed by atoms with Crippen LogP contribution in [0.3, 0.4) is 0 Å². The van der Waals surface area contributed by atoms with Gasteiger partial charge in [-0.15, -0.1) is 0 Å². The van der Waals surface area contributed by atoms with Crippen molar-refractivity contribution in [2.24, 2.45) is 17.8 Å². The lowest BCUT2D eigenvalue weighted by atomic mass is 9.74. The van der Waals surface area contributed by atoms with Crippen LogP contribution in [0.15, 0.2) is 72.8 Å². The van der Waals surface area contributed by atoms with Gasteiger partial charge in [0, 0.05) is 24.5 Å². The number of rotatable bonds is 6. The molecule has 4 aliphatic rings. The highest BCUT2D eigenvalue weighted by Crippen LogP contribution is 2.58. The normalized spacial score (nSPS) is 30.8. The summed E-state index contributed by atoms with van der Waals surface area (Å²) in [4.78, 5) is 49.2. The van der Waals surface area contributed by atoms with Crippen molar-refractivity contribution in [3.05, 3.63) is 84.0 Å². The van der Waals surface area contributed by atoms with E-state index in [0.717, 1.165) is 22.5 Å². The lowest BCUT2D eigenvalue weighted by Crippen LogP contribution is -2.59. The fourth-order valence-electron chi connectivity index (χ4n) is 7.95. The molecule has 226 valence electrons. The molecule has 4 heterocycles. The minimum absolute atomic E-state index is 0.162. The van der Waals surface area contributed by atoms with E-state index < -0.39 is 35.1 Å². The summed E-state index contributed by atoms with van der Waals surface area (Å²) in [5, 5.41) is 10.6. The molecule has 0 aliphatic carbocycles. The number of carbonyl (C=O) groups is 3. The number of aliphatic hydroxyl groups is 1. The number of hydrogen-bond donors (Lipinski definition) is 1. The van der Waals surface area contributed by atoms with Crippen molar-refractivity contribution in [3.63, 3.8) is 0 Å². The smallest absolute Gasteiger partial charge is 0.253 e. The van der Waals surface area contributed by atoms with E-state index >= 15 is 0 Å². The largest absolute Gasteiger partial charge is 0.394 e. The number of anilines is 2. The maximum atomic E-state index is 14.9. The van der Waals surface area contributed by atoms with Crippen molar-refractivity contribution in [1.29, 1.82) is 0 Å². The van der Waals surface area contributed by atoms with Crippen molar-refractivity contribution in [2.45, 2.75) is 64.3 Å². The Morgan fingerprint density at radius 3 is 2.16 bits per heavy atom. The first kappa shape index (κ1) is 29.3. The highest BCUT2D eigenvalue weighted by atomic mass is 16.5. The summed E-state index contributed by atoms with van der Waals surface area (Å²) in [6, 6.07) is 13.7. The van der Waals surface area contributed by atoms with Crippen LogP contribution in [0.1, 0.15) is 38.3 Å². The van der Waals surface area contributed by atoms with E-state index in [1.807, 2.05) is 107 Å². The molecule has 0 aromatic heterocycles. The van der Waals surface area contributed by atoms with Crippen LogP contribution in [0.4, 0.5) is 11.4 Å². The number of aliphatic hydroxyl groups excluding tert-OH is 1. The Morgan fingerprint density at radius 1 is 0.860 bits per heavy atom. The first-order chi connectivity index (χ1) is 20.5. The second-order valence-electron chi connectivity index (χ2n) is 13.0.